The lowest BCUT2D eigenvalue weighted by Gasteiger charge is -2.08. The van der Waals surface area contributed by atoms with Gasteiger partial charge in [-0.15, -0.1) is 11.6 Å². The molecule has 0 N–H and O–H groups in total. The standard InChI is InChI=1S/C11H10ClF2N3O/c1-17-10(15-6-16-17)5-18-11-8(13)2-7(4-12)3-9(11)14/h2-3,6H,4-5H2,1H3. The van der Waals surface area contributed by atoms with E-state index in [0.29, 0.717) is 11.4 Å². The Morgan fingerprint density at radius 3 is 2.50 bits per heavy atom. The first-order valence-corrected chi connectivity index (χ1v) is 5.65. The molecule has 2 aromatic rings. The molecule has 4 nitrogen and oxygen atoms in total. The highest BCUT2D eigenvalue weighted by atomic mass is 35.5. The van der Waals surface area contributed by atoms with Crippen molar-refractivity contribution in [1.82, 2.24) is 14.8 Å². The highest BCUT2D eigenvalue weighted by Gasteiger charge is 2.13. The second-order valence-corrected chi connectivity index (χ2v) is 3.88. The van der Waals surface area contributed by atoms with Gasteiger partial charge in [-0.1, -0.05) is 0 Å². The Labute approximate surface area is 107 Å². The van der Waals surface area contributed by atoms with Gasteiger partial charge in [-0.2, -0.15) is 5.10 Å². The van der Waals surface area contributed by atoms with Crippen LogP contribution in [0, 0.1) is 11.6 Å². The van der Waals surface area contributed by atoms with Crippen molar-refractivity contribution in [3.8, 4) is 5.75 Å². The number of hydrogen-bond donors (Lipinski definition) is 0. The van der Waals surface area contributed by atoms with E-state index in [1.165, 1.54) is 11.0 Å². The van der Waals surface area contributed by atoms with Crippen LogP contribution in [0.1, 0.15) is 11.4 Å². The second-order valence-electron chi connectivity index (χ2n) is 3.61. The predicted octanol–water partition coefficient (Wildman–Crippen LogP) is 2.41. The maximum atomic E-state index is 13.6. The highest BCUT2D eigenvalue weighted by molar-refractivity contribution is 6.17. The largest absolute Gasteiger partial charge is 0.479 e. The molecule has 1 aromatic carbocycles. The van der Waals surface area contributed by atoms with Gasteiger partial charge in [-0.3, -0.25) is 4.68 Å². The van der Waals surface area contributed by atoms with Crippen molar-refractivity contribution in [2.24, 2.45) is 7.05 Å². The minimum Gasteiger partial charge on any atom is -0.479 e. The van der Waals surface area contributed by atoms with Crippen molar-refractivity contribution in [2.75, 3.05) is 0 Å². The van der Waals surface area contributed by atoms with E-state index in [2.05, 4.69) is 10.1 Å². The van der Waals surface area contributed by atoms with Crippen LogP contribution in [0.5, 0.6) is 5.75 Å². The third-order valence-electron chi connectivity index (χ3n) is 2.36. The maximum Gasteiger partial charge on any atom is 0.191 e. The van der Waals surface area contributed by atoms with E-state index in [-0.39, 0.29) is 12.5 Å². The lowest BCUT2D eigenvalue weighted by Crippen LogP contribution is -2.06. The normalized spacial score (nSPS) is 10.7. The Morgan fingerprint density at radius 2 is 2.00 bits per heavy atom. The van der Waals surface area contributed by atoms with Gasteiger partial charge >= 0.3 is 0 Å². The highest BCUT2D eigenvalue weighted by Crippen LogP contribution is 2.24. The number of halogens is 3. The lowest BCUT2D eigenvalue weighted by atomic mass is 10.2. The van der Waals surface area contributed by atoms with Crippen LogP contribution in [-0.4, -0.2) is 14.8 Å². The molecule has 0 spiro atoms. The summed E-state index contributed by atoms with van der Waals surface area (Å²) < 4.78 is 33.7. The molecule has 0 saturated heterocycles. The summed E-state index contributed by atoms with van der Waals surface area (Å²) in [5.41, 5.74) is 0.359. The minimum atomic E-state index is -0.784. The van der Waals surface area contributed by atoms with Crippen LogP contribution in [-0.2, 0) is 19.5 Å². The van der Waals surface area contributed by atoms with Crippen LogP contribution in [0.25, 0.3) is 0 Å². The average molecular weight is 274 g/mol. The van der Waals surface area contributed by atoms with Crippen molar-refractivity contribution in [3.63, 3.8) is 0 Å². The zero-order valence-corrected chi connectivity index (χ0v) is 10.3. The fourth-order valence-corrected chi connectivity index (χ4v) is 1.57. The number of ether oxygens (including phenoxy) is 1. The smallest absolute Gasteiger partial charge is 0.191 e. The van der Waals surface area contributed by atoms with E-state index in [4.69, 9.17) is 16.3 Å². The summed E-state index contributed by atoms with van der Waals surface area (Å²) in [4.78, 5) is 3.88. The van der Waals surface area contributed by atoms with Gasteiger partial charge in [-0.05, 0) is 17.7 Å². The van der Waals surface area contributed by atoms with Gasteiger partial charge in [-0.25, -0.2) is 13.8 Å². The first kappa shape index (κ1) is 12.8. The molecule has 1 heterocycles. The van der Waals surface area contributed by atoms with E-state index >= 15 is 0 Å². The van der Waals surface area contributed by atoms with Crippen LogP contribution in [0.2, 0.25) is 0 Å². The molecule has 7 heteroatoms. The van der Waals surface area contributed by atoms with Gasteiger partial charge < -0.3 is 4.74 Å². The summed E-state index contributed by atoms with van der Waals surface area (Å²) >= 11 is 5.51. The molecule has 0 fully saturated rings. The van der Waals surface area contributed by atoms with Crippen LogP contribution in [0.3, 0.4) is 0 Å². The molecule has 0 aliphatic rings. The molecule has 0 aliphatic heterocycles. The van der Waals surface area contributed by atoms with Gasteiger partial charge in [0.1, 0.15) is 12.9 Å². The summed E-state index contributed by atoms with van der Waals surface area (Å²) in [5.74, 6) is -1.50. The second kappa shape index (κ2) is 5.30. The van der Waals surface area contributed by atoms with Crippen molar-refractivity contribution in [1.29, 1.82) is 0 Å². The van der Waals surface area contributed by atoms with Crippen molar-refractivity contribution < 1.29 is 13.5 Å². The van der Waals surface area contributed by atoms with Gasteiger partial charge in [0.05, 0.1) is 0 Å². The molecular weight excluding hydrogens is 264 g/mol. The third-order valence-corrected chi connectivity index (χ3v) is 2.67. The topological polar surface area (TPSA) is 39.9 Å². The van der Waals surface area contributed by atoms with Crippen molar-refractivity contribution >= 4 is 11.6 Å². The van der Waals surface area contributed by atoms with Gasteiger partial charge in [0.2, 0.25) is 0 Å². The van der Waals surface area contributed by atoms with Crippen LogP contribution < -0.4 is 4.74 Å². The molecule has 0 amide bonds. The number of aryl methyl sites for hydroxylation is 1. The van der Waals surface area contributed by atoms with E-state index in [9.17, 15) is 8.78 Å². The minimum absolute atomic E-state index is 0.0391. The molecule has 2 rings (SSSR count). The van der Waals surface area contributed by atoms with Crippen LogP contribution in [0.15, 0.2) is 18.5 Å². The molecule has 0 aliphatic carbocycles. The molecule has 0 bridgehead atoms. The van der Waals surface area contributed by atoms with E-state index in [0.717, 1.165) is 12.1 Å². The molecule has 0 radical (unpaired) electrons. The van der Waals surface area contributed by atoms with E-state index in [1.54, 1.807) is 7.05 Å². The average Bonchev–Trinajstić information content (AvgIpc) is 2.73. The molecule has 0 unspecified atom stereocenters. The van der Waals surface area contributed by atoms with Crippen LogP contribution in [0.4, 0.5) is 8.78 Å². The fourth-order valence-electron chi connectivity index (χ4n) is 1.41. The monoisotopic (exact) mass is 273 g/mol. The number of rotatable bonds is 4. The molecule has 0 atom stereocenters. The van der Waals surface area contributed by atoms with Gasteiger partial charge in [0, 0.05) is 12.9 Å². The zero-order chi connectivity index (χ0) is 13.1. The predicted molar refractivity (Wildman–Crippen MR) is 61.3 cm³/mol. The van der Waals surface area contributed by atoms with Crippen molar-refractivity contribution in [2.45, 2.75) is 12.5 Å². The summed E-state index contributed by atoms with van der Waals surface area (Å²) in [7, 11) is 1.66. The Kier molecular flexibility index (Phi) is 3.76. The van der Waals surface area contributed by atoms with E-state index in [1.807, 2.05) is 0 Å². The number of alkyl halides is 1. The SMILES string of the molecule is Cn1ncnc1COc1c(F)cc(CCl)cc1F. The van der Waals surface area contributed by atoms with Gasteiger partial charge in [0.25, 0.3) is 0 Å². The fraction of sp³-hybridized carbons (Fsp3) is 0.273. The molecular formula is C11H10ClF2N3O. The van der Waals surface area contributed by atoms with Crippen molar-refractivity contribution in [3.05, 3.63) is 41.5 Å². The lowest BCUT2D eigenvalue weighted by molar-refractivity contribution is 0.261. The Balaban J connectivity index is 2.17. The molecule has 96 valence electrons. The molecule has 18 heavy (non-hydrogen) atoms. The van der Waals surface area contributed by atoms with Gasteiger partial charge in [0.15, 0.2) is 23.2 Å². The summed E-state index contributed by atoms with van der Waals surface area (Å²) in [6.07, 6.45) is 1.34. The first-order valence-electron chi connectivity index (χ1n) is 5.11. The van der Waals surface area contributed by atoms with Crippen LogP contribution >= 0.6 is 11.6 Å². The Hall–Kier alpha value is -1.69. The summed E-state index contributed by atoms with van der Waals surface area (Å²) in [6, 6.07) is 2.28. The Bertz CT molecular complexity index is 536. The number of benzene rings is 1. The number of aromatic nitrogens is 3. The Morgan fingerprint density at radius 1 is 1.33 bits per heavy atom. The first-order chi connectivity index (χ1) is 8.61. The maximum absolute atomic E-state index is 13.6. The quantitative estimate of drug-likeness (QED) is 0.803. The molecule has 0 saturated carbocycles. The zero-order valence-electron chi connectivity index (χ0n) is 9.53. The third kappa shape index (κ3) is 2.59. The summed E-state index contributed by atoms with van der Waals surface area (Å²) in [5, 5.41) is 3.82. The van der Waals surface area contributed by atoms with E-state index < -0.39 is 17.4 Å². The number of nitrogens with zero attached hydrogens (tertiary/aromatic N) is 3. The summed E-state index contributed by atoms with van der Waals surface area (Å²) in [6.45, 7) is -0.0649. The number of hydrogen-bond acceptors (Lipinski definition) is 3. The molecule has 1 aromatic heterocycles.